The van der Waals surface area contributed by atoms with Gasteiger partial charge in [0, 0.05) is 6.54 Å². The van der Waals surface area contributed by atoms with Crippen molar-refractivity contribution in [3.63, 3.8) is 0 Å². The van der Waals surface area contributed by atoms with Gasteiger partial charge in [-0.2, -0.15) is 0 Å². The topological polar surface area (TPSA) is 41.6 Å². The third kappa shape index (κ3) is 2.97. The minimum absolute atomic E-state index is 0.492. The minimum Gasteiger partial charge on any atom is -0.369 e. The molecule has 0 spiro atoms. The van der Waals surface area contributed by atoms with E-state index >= 15 is 0 Å². The molecule has 1 aliphatic heterocycles. The van der Waals surface area contributed by atoms with Gasteiger partial charge < -0.3 is 10.6 Å². The Hall–Kier alpha value is -3.07. The smallest absolute Gasteiger partial charge is 0.197 e. The maximum absolute atomic E-state index is 6.38. The molecule has 132 valence electrons. The van der Waals surface area contributed by atoms with Crippen molar-refractivity contribution >= 4 is 5.96 Å². The van der Waals surface area contributed by atoms with Crippen LogP contribution in [0.4, 0.5) is 0 Å². The largest absolute Gasteiger partial charge is 0.369 e. The lowest BCUT2D eigenvalue weighted by atomic mass is 9.80. The summed E-state index contributed by atoms with van der Waals surface area (Å²) < 4.78 is 0. The van der Waals surface area contributed by atoms with Gasteiger partial charge in [0.25, 0.3) is 0 Å². The number of benzene rings is 1. The molecular weight excluding hydrogens is 318 g/mol. The summed E-state index contributed by atoms with van der Waals surface area (Å²) in [5, 5.41) is 0. The molecule has 3 heteroatoms. The summed E-state index contributed by atoms with van der Waals surface area (Å²) in [4.78, 5) is 6.96. The Labute approximate surface area is 155 Å². The fraction of sp³-hybridized carbons (Fsp3) is 0.174. The van der Waals surface area contributed by atoms with Crippen molar-refractivity contribution < 1.29 is 0 Å². The van der Waals surface area contributed by atoms with Crippen LogP contribution in [0.25, 0.3) is 0 Å². The van der Waals surface area contributed by atoms with Gasteiger partial charge in [-0.05, 0) is 30.1 Å². The van der Waals surface area contributed by atoms with Crippen molar-refractivity contribution in [2.45, 2.75) is 18.9 Å². The number of hydrogen-bond donors (Lipinski definition) is 1. The summed E-state index contributed by atoms with van der Waals surface area (Å²) in [7, 11) is 0. The lowest BCUT2D eigenvalue weighted by Gasteiger charge is -2.32. The molecule has 1 aromatic rings. The number of nitrogens with two attached hydrogens (primary N) is 1. The average molecular weight is 343 g/mol. The van der Waals surface area contributed by atoms with E-state index in [4.69, 9.17) is 10.7 Å². The number of nitrogens with zero attached hydrogens (tertiary/aromatic N) is 2. The fourth-order valence-electron chi connectivity index (χ4n) is 3.53. The van der Waals surface area contributed by atoms with Crippen molar-refractivity contribution in [1.82, 2.24) is 4.90 Å². The van der Waals surface area contributed by atoms with Crippen LogP contribution in [0.3, 0.4) is 0 Å². The van der Waals surface area contributed by atoms with Crippen LogP contribution in [-0.4, -0.2) is 17.4 Å². The third-order valence-corrected chi connectivity index (χ3v) is 4.76. The number of aliphatic imine (C=N–C) groups is 1. The molecule has 0 fully saturated rings. The van der Waals surface area contributed by atoms with E-state index in [1.54, 1.807) is 6.08 Å². The van der Waals surface area contributed by atoms with Crippen LogP contribution >= 0.6 is 0 Å². The van der Waals surface area contributed by atoms with Crippen LogP contribution in [0.5, 0.6) is 0 Å². The van der Waals surface area contributed by atoms with Gasteiger partial charge in [0.1, 0.15) is 0 Å². The molecule has 1 aliphatic carbocycles. The summed E-state index contributed by atoms with van der Waals surface area (Å²) in [5.74, 6) is 0.492. The zero-order valence-corrected chi connectivity index (χ0v) is 15.2. The highest BCUT2D eigenvalue weighted by Crippen LogP contribution is 2.46. The summed E-state index contributed by atoms with van der Waals surface area (Å²) >= 11 is 0. The Bertz CT molecular complexity index is 853. The predicted octanol–water partition coefficient (Wildman–Crippen LogP) is 4.60. The van der Waals surface area contributed by atoms with Crippen molar-refractivity contribution in [3.8, 4) is 0 Å². The maximum Gasteiger partial charge on any atom is 0.197 e. The van der Waals surface area contributed by atoms with Crippen molar-refractivity contribution in [2.24, 2.45) is 10.7 Å². The minimum atomic E-state index is -0.737. The summed E-state index contributed by atoms with van der Waals surface area (Å²) in [5.41, 5.74) is 9.84. The first-order valence-corrected chi connectivity index (χ1v) is 8.81. The molecule has 0 amide bonds. The standard InChI is InChI=1S/C23H25N3/c1-4-11-20(12-5-2)23(21-15-7-6-8-16-21)18(3)26(22(24)25-23)17-19-13-9-10-14-19/h4-13,15-16H,1,3,14,17H2,2H3,(H2,24,25)/b12-5-,20-11+. The molecule has 1 heterocycles. The second kappa shape index (κ2) is 7.44. The molecule has 0 saturated heterocycles. The predicted molar refractivity (Wildman–Crippen MR) is 111 cm³/mol. The molecule has 0 bridgehead atoms. The monoisotopic (exact) mass is 343 g/mol. The van der Waals surface area contributed by atoms with Gasteiger partial charge >= 0.3 is 0 Å². The van der Waals surface area contributed by atoms with Gasteiger partial charge in [-0.15, -0.1) is 0 Å². The van der Waals surface area contributed by atoms with Crippen LogP contribution in [0, 0.1) is 0 Å². The van der Waals surface area contributed by atoms with Crippen molar-refractivity contribution in [2.75, 3.05) is 6.54 Å². The highest BCUT2D eigenvalue weighted by Gasteiger charge is 2.46. The Kier molecular flexibility index (Phi) is 5.08. The average Bonchev–Trinajstić information content (AvgIpc) is 3.25. The Morgan fingerprint density at radius 2 is 2.12 bits per heavy atom. The van der Waals surface area contributed by atoms with E-state index in [2.05, 4.69) is 49.6 Å². The third-order valence-electron chi connectivity index (χ3n) is 4.76. The SMILES string of the molecule is C=C/C=C(\C=C/C)C1(c2ccccc2)N=C(N)N(CC2=CC=CC2)C1=C. The van der Waals surface area contributed by atoms with Crippen molar-refractivity contribution in [1.29, 1.82) is 0 Å². The molecule has 2 N–H and O–H groups in total. The van der Waals surface area contributed by atoms with Gasteiger partial charge in [0.2, 0.25) is 0 Å². The molecule has 0 saturated carbocycles. The maximum atomic E-state index is 6.38. The van der Waals surface area contributed by atoms with E-state index < -0.39 is 5.54 Å². The summed E-state index contributed by atoms with van der Waals surface area (Å²) in [6, 6.07) is 10.2. The molecule has 3 rings (SSSR count). The first-order valence-electron chi connectivity index (χ1n) is 8.81. The van der Waals surface area contributed by atoms with Crippen molar-refractivity contribution in [3.05, 3.63) is 108 Å². The molecule has 3 nitrogen and oxygen atoms in total. The first-order chi connectivity index (χ1) is 12.6. The van der Waals surface area contributed by atoms with Gasteiger partial charge in [-0.3, -0.25) is 0 Å². The Morgan fingerprint density at radius 1 is 1.35 bits per heavy atom. The van der Waals surface area contributed by atoms with Crippen LogP contribution in [0.1, 0.15) is 18.9 Å². The van der Waals surface area contributed by atoms with E-state index in [-0.39, 0.29) is 0 Å². The molecule has 2 aliphatic rings. The van der Waals surface area contributed by atoms with E-state index in [0.717, 1.165) is 23.3 Å². The molecule has 26 heavy (non-hydrogen) atoms. The van der Waals surface area contributed by atoms with E-state index in [9.17, 15) is 0 Å². The van der Waals surface area contributed by atoms with Gasteiger partial charge in [0.15, 0.2) is 11.5 Å². The van der Waals surface area contributed by atoms with E-state index in [0.29, 0.717) is 12.5 Å². The Morgan fingerprint density at radius 3 is 2.73 bits per heavy atom. The summed E-state index contributed by atoms with van der Waals surface area (Å²) in [6.45, 7) is 11.0. The highest BCUT2D eigenvalue weighted by molar-refractivity contribution is 5.86. The number of hydrogen-bond acceptors (Lipinski definition) is 3. The molecule has 0 aromatic heterocycles. The lowest BCUT2D eigenvalue weighted by Crippen LogP contribution is -2.36. The highest BCUT2D eigenvalue weighted by atomic mass is 15.3. The van der Waals surface area contributed by atoms with Gasteiger partial charge in [0.05, 0.1) is 5.70 Å². The summed E-state index contributed by atoms with van der Waals surface area (Å²) in [6.07, 6.45) is 15.1. The zero-order valence-electron chi connectivity index (χ0n) is 15.2. The fourth-order valence-corrected chi connectivity index (χ4v) is 3.53. The second-order valence-corrected chi connectivity index (χ2v) is 6.39. The van der Waals surface area contributed by atoms with E-state index in [1.165, 1.54) is 5.57 Å². The Balaban J connectivity index is 2.11. The van der Waals surface area contributed by atoms with Gasteiger partial charge in [-0.25, -0.2) is 4.99 Å². The first kappa shape index (κ1) is 17.7. The molecule has 0 radical (unpaired) electrons. The van der Waals surface area contributed by atoms with E-state index in [1.807, 2.05) is 42.2 Å². The molecule has 1 unspecified atom stereocenters. The molecule has 1 aromatic carbocycles. The van der Waals surface area contributed by atoms with Crippen LogP contribution in [0.2, 0.25) is 0 Å². The van der Waals surface area contributed by atoms with Crippen LogP contribution in [0.15, 0.2) is 108 Å². The van der Waals surface area contributed by atoms with Gasteiger partial charge in [-0.1, -0.05) is 86.0 Å². The quantitative estimate of drug-likeness (QED) is 0.767. The number of allylic oxidation sites excluding steroid dienone is 6. The molecular formula is C23H25N3. The zero-order chi connectivity index (χ0) is 18.6. The van der Waals surface area contributed by atoms with Crippen LogP contribution in [-0.2, 0) is 5.54 Å². The number of rotatable bonds is 6. The molecule has 1 atom stereocenters. The van der Waals surface area contributed by atoms with Crippen LogP contribution < -0.4 is 5.73 Å². The normalized spacial score (nSPS) is 22.9. The lowest BCUT2D eigenvalue weighted by molar-refractivity contribution is 0.497. The number of guanidine groups is 1. The second-order valence-electron chi connectivity index (χ2n) is 6.39.